The van der Waals surface area contributed by atoms with Crippen LogP contribution in [0.4, 0.5) is 0 Å². The van der Waals surface area contributed by atoms with Crippen molar-refractivity contribution < 1.29 is 4.84 Å². The van der Waals surface area contributed by atoms with Crippen LogP contribution in [0, 0.1) is 6.07 Å². The van der Waals surface area contributed by atoms with Crippen LogP contribution in [0.1, 0.15) is 5.56 Å². The number of benzene rings is 1. The maximum atomic E-state index is 4.50. The smallest absolute Gasteiger partial charge is 0.106 e. The molecule has 1 aromatic carbocycles. The van der Waals surface area contributed by atoms with Crippen LogP contribution < -0.4 is 0 Å². The Morgan fingerprint density at radius 3 is 3.10 bits per heavy atom. The fourth-order valence-corrected chi connectivity index (χ4v) is 0.597. The maximum absolute atomic E-state index is 4.50. The molecule has 0 N–H and O–H groups in total. The molecular formula is C8H8NO. The SMILES string of the molecule is CO/N=C/c1[c]cccc1. The summed E-state index contributed by atoms with van der Waals surface area (Å²) in [5.74, 6) is 0. The first kappa shape index (κ1) is 6.81. The van der Waals surface area contributed by atoms with Gasteiger partial charge in [-0.1, -0.05) is 29.4 Å². The molecule has 51 valence electrons. The monoisotopic (exact) mass is 134 g/mol. The molecule has 0 spiro atoms. The van der Waals surface area contributed by atoms with Crippen LogP contribution >= 0.6 is 0 Å². The molecular weight excluding hydrogens is 126 g/mol. The van der Waals surface area contributed by atoms with E-state index in [1.54, 1.807) is 6.21 Å². The Labute approximate surface area is 60.1 Å². The lowest BCUT2D eigenvalue weighted by molar-refractivity contribution is 0.215. The summed E-state index contributed by atoms with van der Waals surface area (Å²) in [6.07, 6.45) is 1.61. The molecule has 0 saturated heterocycles. The van der Waals surface area contributed by atoms with Crippen molar-refractivity contribution in [3.05, 3.63) is 35.9 Å². The summed E-state index contributed by atoms with van der Waals surface area (Å²) in [6.45, 7) is 0. The quantitative estimate of drug-likeness (QED) is 0.443. The predicted molar refractivity (Wildman–Crippen MR) is 39.9 cm³/mol. The van der Waals surface area contributed by atoms with Gasteiger partial charge in [0.2, 0.25) is 0 Å². The van der Waals surface area contributed by atoms with E-state index in [1.165, 1.54) is 7.11 Å². The lowest BCUT2D eigenvalue weighted by atomic mass is 10.2. The number of hydrogen-bond acceptors (Lipinski definition) is 2. The summed E-state index contributed by atoms with van der Waals surface area (Å²) >= 11 is 0. The third kappa shape index (κ3) is 1.90. The molecule has 2 nitrogen and oxygen atoms in total. The van der Waals surface area contributed by atoms with E-state index in [1.807, 2.05) is 24.3 Å². The average molecular weight is 134 g/mol. The first-order chi connectivity index (χ1) is 4.93. The lowest BCUT2D eigenvalue weighted by Gasteiger charge is -1.87. The van der Waals surface area contributed by atoms with Crippen molar-refractivity contribution in [3.63, 3.8) is 0 Å². The van der Waals surface area contributed by atoms with E-state index < -0.39 is 0 Å². The van der Waals surface area contributed by atoms with E-state index in [-0.39, 0.29) is 0 Å². The highest BCUT2D eigenvalue weighted by Crippen LogP contribution is 1.92. The zero-order chi connectivity index (χ0) is 7.23. The second kappa shape index (κ2) is 3.67. The second-order valence-electron chi connectivity index (χ2n) is 1.73. The normalized spacial score (nSPS) is 10.1. The van der Waals surface area contributed by atoms with Gasteiger partial charge in [0.05, 0.1) is 6.21 Å². The van der Waals surface area contributed by atoms with E-state index in [9.17, 15) is 0 Å². The highest BCUT2D eigenvalue weighted by atomic mass is 16.6. The summed E-state index contributed by atoms with van der Waals surface area (Å²) in [7, 11) is 1.51. The zero-order valence-corrected chi connectivity index (χ0v) is 5.74. The van der Waals surface area contributed by atoms with Crippen LogP contribution in [0.3, 0.4) is 0 Å². The highest BCUT2D eigenvalue weighted by Gasteiger charge is 1.81. The number of rotatable bonds is 2. The molecule has 0 aliphatic rings. The third-order valence-corrected chi connectivity index (χ3v) is 1.03. The molecule has 10 heavy (non-hydrogen) atoms. The number of nitrogens with zero attached hydrogens (tertiary/aromatic N) is 1. The molecule has 1 rings (SSSR count). The van der Waals surface area contributed by atoms with Gasteiger partial charge in [0.15, 0.2) is 0 Å². The second-order valence-corrected chi connectivity index (χ2v) is 1.73. The minimum Gasteiger partial charge on any atom is -0.399 e. The van der Waals surface area contributed by atoms with E-state index >= 15 is 0 Å². The summed E-state index contributed by atoms with van der Waals surface area (Å²) in [5.41, 5.74) is 0.921. The van der Waals surface area contributed by atoms with Gasteiger partial charge >= 0.3 is 0 Å². The van der Waals surface area contributed by atoms with Crippen molar-refractivity contribution in [2.45, 2.75) is 0 Å². The van der Waals surface area contributed by atoms with Gasteiger partial charge in [0, 0.05) is 5.56 Å². The van der Waals surface area contributed by atoms with Crippen LogP contribution in [0.25, 0.3) is 0 Å². The molecule has 0 aliphatic carbocycles. The Hall–Kier alpha value is -1.31. The van der Waals surface area contributed by atoms with Gasteiger partial charge in [-0.05, 0) is 6.07 Å². The lowest BCUT2D eigenvalue weighted by Crippen LogP contribution is -1.79. The average Bonchev–Trinajstić information content (AvgIpc) is 2.03. The van der Waals surface area contributed by atoms with Crippen LogP contribution in [0.2, 0.25) is 0 Å². The predicted octanol–water partition coefficient (Wildman–Crippen LogP) is 1.47. The molecule has 0 amide bonds. The molecule has 0 unspecified atom stereocenters. The Morgan fingerprint density at radius 1 is 1.60 bits per heavy atom. The molecule has 0 heterocycles. The first-order valence-electron chi connectivity index (χ1n) is 2.97. The van der Waals surface area contributed by atoms with Gasteiger partial charge in [-0.3, -0.25) is 0 Å². The topological polar surface area (TPSA) is 21.6 Å². The molecule has 0 fully saturated rings. The van der Waals surface area contributed by atoms with Crippen molar-refractivity contribution in [2.75, 3.05) is 7.11 Å². The number of hydrogen-bond donors (Lipinski definition) is 0. The Morgan fingerprint density at radius 2 is 2.50 bits per heavy atom. The summed E-state index contributed by atoms with van der Waals surface area (Å²) in [6, 6.07) is 10.5. The summed E-state index contributed by atoms with van der Waals surface area (Å²) in [5, 5.41) is 3.59. The van der Waals surface area contributed by atoms with Crippen molar-refractivity contribution in [1.29, 1.82) is 0 Å². The minimum atomic E-state index is 0.921. The Bertz CT molecular complexity index is 206. The molecule has 0 saturated carbocycles. The summed E-state index contributed by atoms with van der Waals surface area (Å²) < 4.78 is 0. The highest BCUT2D eigenvalue weighted by molar-refractivity contribution is 5.78. The summed E-state index contributed by atoms with van der Waals surface area (Å²) in [4.78, 5) is 4.50. The van der Waals surface area contributed by atoms with Crippen LogP contribution in [-0.2, 0) is 4.84 Å². The van der Waals surface area contributed by atoms with Crippen molar-refractivity contribution >= 4 is 6.21 Å². The van der Waals surface area contributed by atoms with Gasteiger partial charge in [0.25, 0.3) is 0 Å². The van der Waals surface area contributed by atoms with Gasteiger partial charge in [-0.2, -0.15) is 0 Å². The van der Waals surface area contributed by atoms with Gasteiger partial charge in [0.1, 0.15) is 7.11 Å². The fraction of sp³-hybridized carbons (Fsp3) is 0.125. The number of oxime groups is 1. The Kier molecular flexibility index (Phi) is 2.49. The van der Waals surface area contributed by atoms with E-state index in [0.717, 1.165) is 5.56 Å². The van der Waals surface area contributed by atoms with Crippen LogP contribution in [0.5, 0.6) is 0 Å². The van der Waals surface area contributed by atoms with Crippen molar-refractivity contribution in [3.8, 4) is 0 Å². The molecule has 0 bridgehead atoms. The van der Waals surface area contributed by atoms with Crippen LogP contribution in [0.15, 0.2) is 29.4 Å². The van der Waals surface area contributed by atoms with Gasteiger partial charge in [-0.25, -0.2) is 0 Å². The molecule has 1 radical (unpaired) electrons. The standard InChI is InChI=1S/C8H8NO/c1-10-9-7-8-5-3-2-4-6-8/h2-5,7H,1H3/b9-7+. The van der Waals surface area contributed by atoms with E-state index in [0.29, 0.717) is 0 Å². The van der Waals surface area contributed by atoms with E-state index in [4.69, 9.17) is 0 Å². The zero-order valence-electron chi connectivity index (χ0n) is 5.74. The molecule has 2 heteroatoms. The Balaban J connectivity index is 2.67. The largest absolute Gasteiger partial charge is 0.399 e. The molecule has 0 atom stereocenters. The van der Waals surface area contributed by atoms with Crippen molar-refractivity contribution in [1.82, 2.24) is 0 Å². The molecule has 1 aromatic rings. The van der Waals surface area contributed by atoms with Gasteiger partial charge < -0.3 is 4.84 Å². The fourth-order valence-electron chi connectivity index (χ4n) is 0.597. The third-order valence-electron chi connectivity index (χ3n) is 1.03. The minimum absolute atomic E-state index is 0.921. The molecule has 0 aliphatic heterocycles. The van der Waals surface area contributed by atoms with Gasteiger partial charge in [-0.15, -0.1) is 0 Å². The van der Waals surface area contributed by atoms with Crippen molar-refractivity contribution in [2.24, 2.45) is 5.16 Å². The first-order valence-corrected chi connectivity index (χ1v) is 2.97. The van der Waals surface area contributed by atoms with E-state index in [2.05, 4.69) is 16.1 Å². The maximum Gasteiger partial charge on any atom is 0.106 e. The molecule has 0 aromatic heterocycles. The van der Waals surface area contributed by atoms with Crippen LogP contribution in [-0.4, -0.2) is 13.3 Å².